The molecule has 1 saturated heterocycles. The minimum atomic E-state index is 0.490. The maximum atomic E-state index is 4.45. The van der Waals surface area contributed by atoms with Crippen molar-refractivity contribution in [1.82, 2.24) is 14.9 Å². The summed E-state index contributed by atoms with van der Waals surface area (Å²) in [5.74, 6) is 0.964. The van der Waals surface area contributed by atoms with Gasteiger partial charge in [-0.1, -0.05) is 17.7 Å². The van der Waals surface area contributed by atoms with Gasteiger partial charge in [-0.05, 0) is 31.9 Å². The van der Waals surface area contributed by atoms with Crippen molar-refractivity contribution in [2.24, 2.45) is 0 Å². The van der Waals surface area contributed by atoms with E-state index in [4.69, 9.17) is 0 Å². The lowest BCUT2D eigenvalue weighted by atomic mass is 10.0. The molecule has 21 heavy (non-hydrogen) atoms. The number of nitrogens with one attached hydrogen (secondary N) is 1. The van der Waals surface area contributed by atoms with Crippen molar-refractivity contribution in [3.05, 3.63) is 42.7 Å². The van der Waals surface area contributed by atoms with Crippen LogP contribution in [0.15, 0.2) is 37.2 Å². The molecule has 0 amide bonds. The second-order valence-electron chi connectivity index (χ2n) is 5.75. The van der Waals surface area contributed by atoms with Crippen LogP contribution in [0.2, 0.25) is 0 Å². The highest BCUT2D eigenvalue weighted by Crippen LogP contribution is 2.23. The summed E-state index contributed by atoms with van der Waals surface area (Å²) >= 11 is 0. The van der Waals surface area contributed by atoms with E-state index in [0.717, 1.165) is 49.2 Å². The molecule has 0 aliphatic carbocycles. The van der Waals surface area contributed by atoms with Crippen molar-refractivity contribution in [2.45, 2.75) is 25.8 Å². The quantitative estimate of drug-likeness (QED) is 0.875. The number of aromatic nitrogens is 2. The first kappa shape index (κ1) is 14.0. The summed E-state index contributed by atoms with van der Waals surface area (Å²) in [5.41, 5.74) is 2.24. The lowest BCUT2D eigenvalue weighted by Crippen LogP contribution is -2.39. The van der Waals surface area contributed by atoms with Crippen LogP contribution in [0.5, 0.6) is 0 Å². The van der Waals surface area contributed by atoms with Gasteiger partial charge in [0.05, 0.1) is 5.52 Å². The van der Waals surface area contributed by atoms with Crippen molar-refractivity contribution >= 4 is 16.7 Å². The molecule has 0 radical (unpaired) electrons. The summed E-state index contributed by atoms with van der Waals surface area (Å²) < 4.78 is 0. The second kappa shape index (κ2) is 6.22. The highest BCUT2D eigenvalue weighted by molar-refractivity contribution is 5.89. The number of hydrogen-bond acceptors (Lipinski definition) is 4. The van der Waals surface area contributed by atoms with Gasteiger partial charge in [0.2, 0.25) is 0 Å². The topological polar surface area (TPSA) is 41.0 Å². The maximum Gasteiger partial charge on any atom is 0.137 e. The first-order valence-electron chi connectivity index (χ1n) is 7.57. The van der Waals surface area contributed by atoms with E-state index in [-0.39, 0.29) is 0 Å². The van der Waals surface area contributed by atoms with E-state index in [0.29, 0.717) is 6.04 Å². The zero-order chi connectivity index (χ0) is 14.7. The highest BCUT2D eigenvalue weighted by atomic mass is 15.1. The monoisotopic (exact) mass is 282 g/mol. The Hall–Kier alpha value is -1.94. The summed E-state index contributed by atoms with van der Waals surface area (Å²) in [6.45, 7) is 9.13. The van der Waals surface area contributed by atoms with E-state index < -0.39 is 0 Å². The van der Waals surface area contributed by atoms with Gasteiger partial charge in [0, 0.05) is 31.1 Å². The molecule has 1 aliphatic heterocycles. The number of nitrogens with zero attached hydrogens (tertiary/aromatic N) is 3. The molecule has 0 atom stereocenters. The Morgan fingerprint density at radius 1 is 1.33 bits per heavy atom. The van der Waals surface area contributed by atoms with Crippen molar-refractivity contribution in [1.29, 1.82) is 0 Å². The third-order valence-electron chi connectivity index (χ3n) is 4.11. The third-order valence-corrected chi connectivity index (χ3v) is 4.11. The van der Waals surface area contributed by atoms with E-state index in [1.807, 2.05) is 6.08 Å². The Labute approximate surface area is 125 Å². The van der Waals surface area contributed by atoms with E-state index in [1.165, 1.54) is 5.56 Å². The molecule has 3 rings (SSSR count). The van der Waals surface area contributed by atoms with Gasteiger partial charge in [-0.2, -0.15) is 0 Å². The summed E-state index contributed by atoms with van der Waals surface area (Å²) in [6.07, 6.45) is 5.91. The molecule has 0 spiro atoms. The number of hydrogen-bond donors (Lipinski definition) is 1. The number of benzene rings is 1. The second-order valence-corrected chi connectivity index (χ2v) is 5.75. The van der Waals surface area contributed by atoms with Crippen LogP contribution in [0, 0.1) is 6.92 Å². The van der Waals surface area contributed by atoms with E-state index >= 15 is 0 Å². The van der Waals surface area contributed by atoms with Crippen LogP contribution < -0.4 is 5.32 Å². The standard InChI is InChI=1S/C17H22N4/c1-3-8-21-9-6-14(7-10-21)20-17-15-11-13(2)4-5-16(15)18-12-19-17/h3-5,11-12,14H,1,6-10H2,2H3,(H,18,19,20). The Balaban J connectivity index is 1.74. The molecule has 1 aromatic heterocycles. The van der Waals surface area contributed by atoms with Crippen LogP contribution in [0.3, 0.4) is 0 Å². The molecule has 1 N–H and O–H groups in total. The van der Waals surface area contributed by atoms with E-state index in [9.17, 15) is 0 Å². The Morgan fingerprint density at radius 3 is 2.90 bits per heavy atom. The smallest absolute Gasteiger partial charge is 0.137 e. The molecule has 0 bridgehead atoms. The van der Waals surface area contributed by atoms with E-state index in [1.54, 1.807) is 6.33 Å². The van der Waals surface area contributed by atoms with Gasteiger partial charge >= 0.3 is 0 Å². The fourth-order valence-electron chi connectivity index (χ4n) is 2.92. The van der Waals surface area contributed by atoms with E-state index in [2.05, 4.69) is 51.9 Å². The van der Waals surface area contributed by atoms with Gasteiger partial charge in [-0.3, -0.25) is 4.90 Å². The van der Waals surface area contributed by atoms with Crippen molar-refractivity contribution < 1.29 is 0 Å². The Kier molecular flexibility index (Phi) is 4.15. The Bertz CT molecular complexity index is 630. The van der Waals surface area contributed by atoms with Gasteiger partial charge < -0.3 is 5.32 Å². The number of anilines is 1. The molecule has 2 aromatic rings. The van der Waals surface area contributed by atoms with Gasteiger partial charge in [0.25, 0.3) is 0 Å². The molecule has 4 heteroatoms. The highest BCUT2D eigenvalue weighted by Gasteiger charge is 2.19. The van der Waals surface area contributed by atoms with Crippen LogP contribution in [0.4, 0.5) is 5.82 Å². The number of aryl methyl sites for hydroxylation is 1. The summed E-state index contributed by atoms with van der Waals surface area (Å²) in [5, 5.41) is 4.73. The van der Waals surface area contributed by atoms with Crippen LogP contribution >= 0.6 is 0 Å². The molecule has 0 saturated carbocycles. The van der Waals surface area contributed by atoms with Gasteiger partial charge in [-0.25, -0.2) is 9.97 Å². The van der Waals surface area contributed by atoms with Gasteiger partial charge in [-0.15, -0.1) is 6.58 Å². The van der Waals surface area contributed by atoms with Crippen molar-refractivity contribution in [3.63, 3.8) is 0 Å². The molecule has 110 valence electrons. The Morgan fingerprint density at radius 2 is 2.14 bits per heavy atom. The molecule has 0 unspecified atom stereocenters. The number of fused-ring (bicyclic) bond motifs is 1. The summed E-state index contributed by atoms with van der Waals surface area (Å²) in [7, 11) is 0. The molecular weight excluding hydrogens is 260 g/mol. The average Bonchev–Trinajstić information content (AvgIpc) is 2.50. The molecule has 1 aliphatic rings. The van der Waals surface area contributed by atoms with Crippen LogP contribution in [0.25, 0.3) is 10.9 Å². The zero-order valence-electron chi connectivity index (χ0n) is 12.5. The minimum Gasteiger partial charge on any atom is -0.367 e. The first-order chi connectivity index (χ1) is 10.3. The lowest BCUT2D eigenvalue weighted by molar-refractivity contribution is 0.240. The molecule has 1 aromatic carbocycles. The lowest BCUT2D eigenvalue weighted by Gasteiger charge is -2.32. The number of likely N-dealkylation sites (tertiary alicyclic amines) is 1. The fourth-order valence-corrected chi connectivity index (χ4v) is 2.92. The van der Waals surface area contributed by atoms with Crippen molar-refractivity contribution in [3.8, 4) is 0 Å². The molecule has 2 heterocycles. The fraction of sp³-hybridized carbons (Fsp3) is 0.412. The normalized spacial score (nSPS) is 17.0. The molecule has 4 nitrogen and oxygen atoms in total. The van der Waals surface area contributed by atoms with Crippen molar-refractivity contribution in [2.75, 3.05) is 25.0 Å². The predicted octanol–water partition coefficient (Wildman–Crippen LogP) is 3.00. The molecule has 1 fully saturated rings. The maximum absolute atomic E-state index is 4.45. The number of rotatable bonds is 4. The SMILES string of the molecule is C=CCN1CCC(Nc2ncnc3ccc(C)cc23)CC1. The molecular formula is C17H22N4. The third kappa shape index (κ3) is 3.22. The zero-order valence-corrected chi connectivity index (χ0v) is 12.5. The van der Waals surface area contributed by atoms with Crippen LogP contribution in [-0.4, -0.2) is 40.5 Å². The summed E-state index contributed by atoms with van der Waals surface area (Å²) in [6, 6.07) is 6.80. The predicted molar refractivity (Wildman–Crippen MR) is 87.6 cm³/mol. The number of piperidine rings is 1. The summed E-state index contributed by atoms with van der Waals surface area (Å²) in [4.78, 5) is 11.2. The van der Waals surface area contributed by atoms with Gasteiger partial charge in [0.1, 0.15) is 12.1 Å². The average molecular weight is 282 g/mol. The largest absolute Gasteiger partial charge is 0.367 e. The first-order valence-corrected chi connectivity index (χ1v) is 7.57. The van der Waals surface area contributed by atoms with Gasteiger partial charge in [0.15, 0.2) is 0 Å². The van der Waals surface area contributed by atoms with Crippen LogP contribution in [0.1, 0.15) is 18.4 Å². The minimum absolute atomic E-state index is 0.490. The van der Waals surface area contributed by atoms with Crippen LogP contribution in [-0.2, 0) is 0 Å².